The van der Waals surface area contributed by atoms with Crippen LogP contribution in [-0.2, 0) is 17.1 Å². The number of carbonyl (C=O) groups is 1. The average Bonchev–Trinajstić information content (AvgIpc) is 2.99. The lowest BCUT2D eigenvalue weighted by Crippen LogP contribution is -2.47. The molecular weight excluding hydrogens is 390 g/mol. The van der Waals surface area contributed by atoms with Crippen molar-refractivity contribution in [2.45, 2.75) is 71.3 Å². The minimum atomic E-state index is -2.94. The summed E-state index contributed by atoms with van der Waals surface area (Å²) >= 11 is 0. The molecule has 30 heavy (non-hydrogen) atoms. The lowest BCUT2D eigenvalue weighted by Gasteiger charge is -2.40. The normalized spacial score (nSPS) is 36.6. The number of aliphatic carboxylic acids is 1. The number of carboxylic acid groups (broad SMARTS) is 1. The van der Waals surface area contributed by atoms with Crippen molar-refractivity contribution >= 4 is 17.7 Å². The number of rotatable bonds is 4. The largest absolute Gasteiger partial charge is 0.481 e. The second-order valence-corrected chi connectivity index (χ2v) is 10.3. The molecule has 0 aromatic carbocycles. The van der Waals surface area contributed by atoms with E-state index in [2.05, 4.69) is 30.7 Å². The van der Waals surface area contributed by atoms with E-state index in [1.807, 2.05) is 4.90 Å². The van der Waals surface area contributed by atoms with Gasteiger partial charge in [-0.15, -0.1) is 0 Å². The van der Waals surface area contributed by atoms with Crippen LogP contribution in [0.5, 0.6) is 0 Å². The van der Waals surface area contributed by atoms with Gasteiger partial charge in [-0.3, -0.25) is 4.79 Å². The van der Waals surface area contributed by atoms with Crippen molar-refractivity contribution in [3.8, 4) is 0 Å². The van der Waals surface area contributed by atoms with E-state index in [1.54, 1.807) is 0 Å². The van der Waals surface area contributed by atoms with Crippen molar-refractivity contribution in [3.63, 3.8) is 0 Å². The van der Waals surface area contributed by atoms with Crippen LogP contribution in [0.4, 0.5) is 20.5 Å². The topological polar surface area (TPSA) is 69.6 Å². The Balaban J connectivity index is 1.54. The Bertz CT molecular complexity index is 891. The number of hydrogen-bond donors (Lipinski definition) is 1. The smallest absolute Gasteiger partial charge is 0.303 e. The molecule has 3 fully saturated rings. The van der Waals surface area contributed by atoms with Gasteiger partial charge in [-0.1, -0.05) is 13.8 Å². The summed E-state index contributed by atoms with van der Waals surface area (Å²) in [6.45, 7) is 8.44. The number of anilines is 2. The van der Waals surface area contributed by atoms with Crippen molar-refractivity contribution in [2.24, 2.45) is 16.7 Å². The number of piperidine rings is 1. The van der Waals surface area contributed by atoms with Gasteiger partial charge in [0.2, 0.25) is 5.95 Å². The molecule has 2 aliphatic carbocycles. The van der Waals surface area contributed by atoms with Crippen LogP contribution >= 0.6 is 0 Å². The highest BCUT2D eigenvalue weighted by Crippen LogP contribution is 2.74. The first-order chi connectivity index (χ1) is 14.1. The molecule has 1 N–H and O–H groups in total. The first kappa shape index (κ1) is 19.9. The standard InChI is InChI=1S/C22H30F2N4O2/c1-13-7-9-28(13)19-25-17-14(6-4-5-8-22(17,23)24)18(26-19)27-11-20(2)15(10-16(29)30)21(20,3)12-27/h13,15H,4-12H2,1-3H3,(H,29,30)/t13-,15?,20+,21?/m1/s1. The van der Waals surface area contributed by atoms with Gasteiger partial charge in [0.15, 0.2) is 0 Å². The molecule has 4 aliphatic rings. The molecule has 3 heterocycles. The zero-order valence-corrected chi connectivity index (χ0v) is 17.9. The summed E-state index contributed by atoms with van der Waals surface area (Å²) in [6.07, 6.45) is 2.77. The van der Waals surface area contributed by atoms with Gasteiger partial charge in [-0.2, -0.15) is 13.8 Å². The van der Waals surface area contributed by atoms with Crippen LogP contribution in [0, 0.1) is 16.7 Å². The summed E-state index contributed by atoms with van der Waals surface area (Å²) in [7, 11) is 0. The zero-order chi connectivity index (χ0) is 21.5. The van der Waals surface area contributed by atoms with Gasteiger partial charge < -0.3 is 14.9 Å². The molecular formula is C22H30F2N4O2. The summed E-state index contributed by atoms with van der Waals surface area (Å²) in [6, 6.07) is 0.261. The number of fused-ring (bicyclic) bond motifs is 2. The van der Waals surface area contributed by atoms with Gasteiger partial charge in [-0.05, 0) is 49.4 Å². The van der Waals surface area contributed by atoms with Crippen LogP contribution in [0.25, 0.3) is 0 Å². The second-order valence-electron chi connectivity index (χ2n) is 10.3. The Morgan fingerprint density at radius 3 is 2.47 bits per heavy atom. The van der Waals surface area contributed by atoms with Gasteiger partial charge in [-0.25, -0.2) is 4.98 Å². The molecule has 164 valence electrons. The van der Waals surface area contributed by atoms with Crippen LogP contribution in [0.15, 0.2) is 0 Å². The van der Waals surface area contributed by atoms with E-state index in [0.29, 0.717) is 49.7 Å². The first-order valence-corrected chi connectivity index (χ1v) is 11.1. The molecule has 0 amide bonds. The van der Waals surface area contributed by atoms with E-state index in [4.69, 9.17) is 4.98 Å². The van der Waals surface area contributed by atoms with Gasteiger partial charge in [0.25, 0.3) is 5.92 Å². The summed E-state index contributed by atoms with van der Waals surface area (Å²) in [5, 5.41) is 9.27. The summed E-state index contributed by atoms with van der Waals surface area (Å²) in [5.41, 5.74) is 0.260. The number of alkyl halides is 2. The highest BCUT2D eigenvalue weighted by Gasteiger charge is 2.75. The van der Waals surface area contributed by atoms with Crippen LogP contribution in [0.3, 0.4) is 0 Å². The number of aromatic nitrogens is 2. The minimum Gasteiger partial charge on any atom is -0.481 e. The quantitative estimate of drug-likeness (QED) is 0.747. The molecule has 8 heteroatoms. The van der Waals surface area contributed by atoms with Crippen molar-refractivity contribution in [3.05, 3.63) is 11.3 Å². The maximum Gasteiger partial charge on any atom is 0.303 e. The van der Waals surface area contributed by atoms with E-state index in [-0.39, 0.29) is 41.3 Å². The Kier molecular flexibility index (Phi) is 4.16. The minimum absolute atomic E-state index is 0.0861. The van der Waals surface area contributed by atoms with Crippen LogP contribution in [-0.4, -0.2) is 46.7 Å². The monoisotopic (exact) mass is 420 g/mol. The molecule has 1 saturated carbocycles. The number of hydrogen-bond acceptors (Lipinski definition) is 5. The van der Waals surface area contributed by atoms with E-state index >= 15 is 8.78 Å². The predicted octanol–water partition coefficient (Wildman–Crippen LogP) is 3.83. The molecule has 5 rings (SSSR count). The highest BCUT2D eigenvalue weighted by atomic mass is 19.3. The summed E-state index contributed by atoms with van der Waals surface area (Å²) in [4.78, 5) is 24.7. The summed E-state index contributed by atoms with van der Waals surface area (Å²) in [5.74, 6) is -2.51. The van der Waals surface area contributed by atoms with Gasteiger partial charge in [0.1, 0.15) is 11.5 Å². The zero-order valence-electron chi connectivity index (χ0n) is 17.9. The molecule has 4 atom stereocenters. The molecule has 2 aliphatic heterocycles. The fourth-order valence-corrected chi connectivity index (χ4v) is 6.24. The van der Waals surface area contributed by atoms with Crippen molar-refractivity contribution in [2.75, 3.05) is 29.4 Å². The van der Waals surface area contributed by atoms with Gasteiger partial charge in [0, 0.05) is 44.1 Å². The molecule has 0 spiro atoms. The number of halogens is 2. The third kappa shape index (κ3) is 2.67. The van der Waals surface area contributed by atoms with Crippen LogP contribution in [0.2, 0.25) is 0 Å². The third-order valence-electron chi connectivity index (χ3n) is 8.54. The van der Waals surface area contributed by atoms with Gasteiger partial charge >= 0.3 is 5.97 Å². The van der Waals surface area contributed by atoms with Crippen molar-refractivity contribution in [1.82, 2.24) is 9.97 Å². The fourth-order valence-electron chi connectivity index (χ4n) is 6.24. The predicted molar refractivity (Wildman–Crippen MR) is 109 cm³/mol. The molecule has 1 aromatic rings. The number of carboxylic acids is 1. The second kappa shape index (κ2) is 6.26. The molecule has 6 nitrogen and oxygen atoms in total. The highest BCUT2D eigenvalue weighted by molar-refractivity contribution is 5.69. The van der Waals surface area contributed by atoms with Crippen molar-refractivity contribution in [1.29, 1.82) is 0 Å². The van der Waals surface area contributed by atoms with E-state index in [0.717, 1.165) is 13.0 Å². The van der Waals surface area contributed by atoms with Crippen LogP contribution in [0.1, 0.15) is 64.1 Å². The summed E-state index contributed by atoms with van der Waals surface area (Å²) < 4.78 is 30.1. The molecule has 2 unspecified atom stereocenters. The molecule has 0 radical (unpaired) electrons. The van der Waals surface area contributed by atoms with Crippen molar-refractivity contribution < 1.29 is 18.7 Å². The van der Waals surface area contributed by atoms with E-state index in [1.165, 1.54) is 0 Å². The maximum absolute atomic E-state index is 15.0. The lowest BCUT2D eigenvalue weighted by atomic mass is 10.0. The maximum atomic E-state index is 15.0. The Hall–Kier alpha value is -1.99. The van der Waals surface area contributed by atoms with E-state index < -0.39 is 11.9 Å². The molecule has 0 bridgehead atoms. The molecule has 2 saturated heterocycles. The van der Waals surface area contributed by atoms with E-state index in [9.17, 15) is 9.90 Å². The first-order valence-electron chi connectivity index (χ1n) is 11.1. The van der Waals surface area contributed by atoms with Gasteiger partial charge in [0.05, 0.1) is 0 Å². The van der Waals surface area contributed by atoms with Crippen LogP contribution < -0.4 is 9.80 Å². The SMILES string of the molecule is C[C@@H]1CCN1c1nc(N2CC3(C)C(CC(=O)O)[C@]3(C)C2)c2c(n1)C(F)(F)CCCC2. The Labute approximate surface area is 175 Å². The molecule has 1 aromatic heterocycles. The number of nitrogens with zero attached hydrogens (tertiary/aromatic N) is 4. The third-order valence-corrected chi connectivity index (χ3v) is 8.54. The average molecular weight is 421 g/mol. The Morgan fingerprint density at radius 2 is 1.90 bits per heavy atom. The lowest BCUT2D eigenvalue weighted by molar-refractivity contribution is -0.137. The fraction of sp³-hybridized carbons (Fsp3) is 0.773. The Morgan fingerprint density at radius 1 is 1.20 bits per heavy atom.